The molecule has 0 heterocycles. The number of carbonyl (C=O) groups excluding carboxylic acids is 2. The van der Waals surface area contributed by atoms with Crippen molar-refractivity contribution in [2.45, 2.75) is 26.8 Å². The van der Waals surface area contributed by atoms with Gasteiger partial charge in [-0.05, 0) is 37.5 Å². The first kappa shape index (κ1) is 16.2. The van der Waals surface area contributed by atoms with Gasteiger partial charge in [-0.15, -0.1) is 0 Å². The Morgan fingerprint density at radius 3 is 2.50 bits per heavy atom. The van der Waals surface area contributed by atoms with E-state index in [9.17, 15) is 9.59 Å². The number of carbonyl (C=O) groups is 2. The molecule has 1 fully saturated rings. The van der Waals surface area contributed by atoms with Crippen LogP contribution in [-0.2, 0) is 16.1 Å². The Kier molecular flexibility index (Phi) is 4.65. The van der Waals surface area contributed by atoms with Crippen LogP contribution in [0.2, 0.25) is 0 Å². The molecule has 0 aliphatic heterocycles. The summed E-state index contributed by atoms with van der Waals surface area (Å²) in [5.41, 5.74) is 4.08. The van der Waals surface area contributed by atoms with E-state index in [1.54, 1.807) is 0 Å². The second-order valence-electron chi connectivity index (χ2n) is 6.46. The molecule has 0 bridgehead atoms. The third-order valence-electron chi connectivity index (χ3n) is 4.42. The summed E-state index contributed by atoms with van der Waals surface area (Å²) in [7, 11) is 0. The van der Waals surface area contributed by atoms with Crippen molar-refractivity contribution in [3.8, 4) is 0 Å². The molecule has 2 amide bonds. The summed E-state index contributed by atoms with van der Waals surface area (Å²) in [5, 5.41) is 5.85. The summed E-state index contributed by atoms with van der Waals surface area (Å²) in [6.45, 7) is 4.48. The van der Waals surface area contributed by atoms with Gasteiger partial charge in [-0.25, -0.2) is 0 Å². The monoisotopic (exact) mass is 322 g/mol. The first-order valence-electron chi connectivity index (χ1n) is 8.24. The van der Waals surface area contributed by atoms with Crippen molar-refractivity contribution in [2.24, 2.45) is 11.8 Å². The standard InChI is InChI=1S/C20H22N2O2/c1-13-6-5-8-15(10-13)12-21-19(23)16-11-17(16)20(24)22-18-9-4-3-7-14(18)2/h3-10,16-17H,11-12H2,1-2H3,(H,21,23)(H,22,24). The van der Waals surface area contributed by atoms with E-state index in [0.717, 1.165) is 16.8 Å². The van der Waals surface area contributed by atoms with Crippen LogP contribution in [0.1, 0.15) is 23.1 Å². The molecule has 3 rings (SSSR count). The molecule has 2 aromatic rings. The molecule has 0 saturated heterocycles. The van der Waals surface area contributed by atoms with E-state index in [1.807, 2.05) is 56.3 Å². The summed E-state index contributed by atoms with van der Waals surface area (Å²) < 4.78 is 0. The first-order valence-corrected chi connectivity index (χ1v) is 8.24. The topological polar surface area (TPSA) is 58.2 Å². The van der Waals surface area contributed by atoms with Gasteiger partial charge in [0.1, 0.15) is 0 Å². The Balaban J connectivity index is 1.50. The van der Waals surface area contributed by atoms with Crippen LogP contribution in [0.3, 0.4) is 0 Å². The lowest BCUT2D eigenvalue weighted by Gasteiger charge is -2.08. The maximum absolute atomic E-state index is 12.3. The molecule has 2 unspecified atom stereocenters. The van der Waals surface area contributed by atoms with Gasteiger partial charge in [-0.3, -0.25) is 9.59 Å². The zero-order valence-electron chi connectivity index (χ0n) is 14.0. The van der Waals surface area contributed by atoms with Crippen LogP contribution in [0.5, 0.6) is 0 Å². The van der Waals surface area contributed by atoms with Gasteiger partial charge in [-0.2, -0.15) is 0 Å². The summed E-state index contributed by atoms with van der Waals surface area (Å²) in [4.78, 5) is 24.5. The van der Waals surface area contributed by atoms with E-state index >= 15 is 0 Å². The average molecular weight is 322 g/mol. The van der Waals surface area contributed by atoms with E-state index in [1.165, 1.54) is 5.56 Å². The predicted molar refractivity (Wildman–Crippen MR) is 94.4 cm³/mol. The van der Waals surface area contributed by atoms with Crippen molar-refractivity contribution in [1.29, 1.82) is 0 Å². The molecular weight excluding hydrogens is 300 g/mol. The van der Waals surface area contributed by atoms with Gasteiger partial charge >= 0.3 is 0 Å². The van der Waals surface area contributed by atoms with E-state index in [2.05, 4.69) is 16.7 Å². The van der Waals surface area contributed by atoms with Crippen LogP contribution in [0, 0.1) is 25.7 Å². The molecule has 2 N–H and O–H groups in total. The van der Waals surface area contributed by atoms with Crippen molar-refractivity contribution in [1.82, 2.24) is 5.32 Å². The number of rotatable bonds is 5. The normalized spacial score (nSPS) is 18.8. The number of para-hydroxylation sites is 1. The number of aryl methyl sites for hydroxylation is 2. The zero-order chi connectivity index (χ0) is 17.1. The van der Waals surface area contributed by atoms with Gasteiger partial charge < -0.3 is 10.6 Å². The van der Waals surface area contributed by atoms with Crippen molar-refractivity contribution in [3.63, 3.8) is 0 Å². The van der Waals surface area contributed by atoms with Crippen LogP contribution in [0.15, 0.2) is 48.5 Å². The fourth-order valence-electron chi connectivity index (χ4n) is 2.86. The number of anilines is 1. The summed E-state index contributed by atoms with van der Waals surface area (Å²) >= 11 is 0. The van der Waals surface area contributed by atoms with Crippen molar-refractivity contribution in [3.05, 3.63) is 65.2 Å². The van der Waals surface area contributed by atoms with Gasteiger partial charge in [0, 0.05) is 12.2 Å². The van der Waals surface area contributed by atoms with E-state index in [4.69, 9.17) is 0 Å². The van der Waals surface area contributed by atoms with Gasteiger partial charge in [0.15, 0.2) is 0 Å². The molecule has 1 aliphatic carbocycles. The number of amides is 2. The molecule has 4 nitrogen and oxygen atoms in total. The Morgan fingerprint density at radius 1 is 1.00 bits per heavy atom. The third kappa shape index (κ3) is 3.82. The molecule has 24 heavy (non-hydrogen) atoms. The lowest BCUT2D eigenvalue weighted by molar-refractivity contribution is -0.125. The van der Waals surface area contributed by atoms with Crippen molar-refractivity contribution >= 4 is 17.5 Å². The Bertz CT molecular complexity index is 770. The molecule has 2 atom stereocenters. The minimum absolute atomic E-state index is 0.0403. The summed E-state index contributed by atoms with van der Waals surface area (Å²) in [5.74, 6) is -0.539. The highest BCUT2D eigenvalue weighted by Crippen LogP contribution is 2.39. The second kappa shape index (κ2) is 6.87. The maximum atomic E-state index is 12.3. The highest BCUT2D eigenvalue weighted by Gasteiger charge is 2.47. The van der Waals surface area contributed by atoms with Crippen LogP contribution < -0.4 is 10.6 Å². The number of hydrogen-bond acceptors (Lipinski definition) is 2. The summed E-state index contributed by atoms with van der Waals surface area (Å²) in [6.07, 6.45) is 0.622. The van der Waals surface area contributed by atoms with Crippen LogP contribution >= 0.6 is 0 Å². The third-order valence-corrected chi connectivity index (χ3v) is 4.42. The first-order chi connectivity index (χ1) is 11.5. The largest absolute Gasteiger partial charge is 0.352 e. The Morgan fingerprint density at radius 2 is 1.75 bits per heavy atom. The highest BCUT2D eigenvalue weighted by atomic mass is 16.2. The molecule has 1 aliphatic rings. The Labute approximate surface area is 142 Å². The van der Waals surface area contributed by atoms with E-state index in [-0.39, 0.29) is 23.7 Å². The van der Waals surface area contributed by atoms with Crippen LogP contribution in [0.25, 0.3) is 0 Å². The molecule has 0 aromatic heterocycles. The average Bonchev–Trinajstić information content (AvgIpc) is 3.36. The number of nitrogens with one attached hydrogen (secondary N) is 2. The Hall–Kier alpha value is -2.62. The van der Waals surface area contributed by atoms with E-state index in [0.29, 0.717) is 13.0 Å². The van der Waals surface area contributed by atoms with Crippen molar-refractivity contribution < 1.29 is 9.59 Å². The molecule has 1 saturated carbocycles. The maximum Gasteiger partial charge on any atom is 0.228 e. The minimum atomic E-state index is -0.220. The van der Waals surface area contributed by atoms with Gasteiger partial charge in [-0.1, -0.05) is 48.0 Å². The molecular formula is C20H22N2O2. The molecule has 0 radical (unpaired) electrons. The van der Waals surface area contributed by atoms with Crippen LogP contribution in [0.4, 0.5) is 5.69 Å². The second-order valence-corrected chi connectivity index (χ2v) is 6.46. The molecule has 2 aromatic carbocycles. The summed E-state index contributed by atoms with van der Waals surface area (Å²) in [6, 6.07) is 15.7. The van der Waals surface area contributed by atoms with Crippen molar-refractivity contribution in [2.75, 3.05) is 5.32 Å². The fourth-order valence-corrected chi connectivity index (χ4v) is 2.86. The molecule has 4 heteroatoms. The number of benzene rings is 2. The van der Waals surface area contributed by atoms with E-state index < -0.39 is 0 Å². The predicted octanol–water partition coefficient (Wildman–Crippen LogP) is 3.19. The zero-order valence-corrected chi connectivity index (χ0v) is 14.0. The smallest absolute Gasteiger partial charge is 0.228 e. The van der Waals surface area contributed by atoms with Crippen LogP contribution in [-0.4, -0.2) is 11.8 Å². The number of hydrogen-bond donors (Lipinski definition) is 2. The van der Waals surface area contributed by atoms with Gasteiger partial charge in [0.25, 0.3) is 0 Å². The molecule has 124 valence electrons. The quantitative estimate of drug-likeness (QED) is 0.888. The van der Waals surface area contributed by atoms with Gasteiger partial charge in [0.2, 0.25) is 11.8 Å². The lowest BCUT2D eigenvalue weighted by Crippen LogP contribution is -2.27. The van der Waals surface area contributed by atoms with Gasteiger partial charge in [0.05, 0.1) is 11.8 Å². The molecule has 0 spiro atoms. The fraction of sp³-hybridized carbons (Fsp3) is 0.300. The lowest BCUT2D eigenvalue weighted by atomic mass is 10.1. The SMILES string of the molecule is Cc1cccc(CNC(=O)C2CC2C(=O)Nc2ccccc2C)c1. The minimum Gasteiger partial charge on any atom is -0.352 e. The highest BCUT2D eigenvalue weighted by molar-refractivity contribution is 5.99.